The molecule has 0 spiro atoms. The number of likely N-dealkylation sites (tertiary alicyclic amines) is 1. The van der Waals surface area contributed by atoms with Crippen molar-refractivity contribution in [3.8, 4) is 0 Å². The van der Waals surface area contributed by atoms with Gasteiger partial charge in [0.25, 0.3) is 0 Å². The van der Waals surface area contributed by atoms with Crippen molar-refractivity contribution in [2.75, 3.05) is 20.1 Å². The normalized spacial score (nSPS) is 29.4. The van der Waals surface area contributed by atoms with E-state index in [2.05, 4.69) is 17.3 Å². The minimum Gasteiger partial charge on any atom is -0.314 e. The predicted octanol–water partition coefficient (Wildman–Crippen LogP) is 2.78. The second-order valence-electron chi connectivity index (χ2n) is 5.71. The highest BCUT2D eigenvalue weighted by molar-refractivity contribution is 4.78. The number of nitrogens with one attached hydrogen (secondary N) is 1. The summed E-state index contributed by atoms with van der Waals surface area (Å²) in [5.41, 5.74) is 0. The molecule has 2 aliphatic rings. The molecule has 1 saturated heterocycles. The summed E-state index contributed by atoms with van der Waals surface area (Å²) in [4.78, 5) is 2.54. The van der Waals surface area contributed by atoms with Crippen molar-refractivity contribution in [3.05, 3.63) is 0 Å². The van der Waals surface area contributed by atoms with Crippen molar-refractivity contribution in [3.63, 3.8) is 0 Å². The molecule has 1 saturated carbocycles. The fourth-order valence-corrected chi connectivity index (χ4v) is 3.28. The smallest absolute Gasteiger partial charge is 0.0105 e. The highest BCUT2D eigenvalue weighted by atomic mass is 15.1. The molecular weight excluding hydrogens is 196 g/mol. The zero-order valence-electron chi connectivity index (χ0n) is 10.9. The molecule has 1 aliphatic heterocycles. The molecule has 94 valence electrons. The topological polar surface area (TPSA) is 15.3 Å². The summed E-state index contributed by atoms with van der Waals surface area (Å²) in [6, 6.07) is 1.69. The fourth-order valence-electron chi connectivity index (χ4n) is 3.28. The third-order valence-electron chi connectivity index (χ3n) is 4.44. The Balaban J connectivity index is 1.59. The van der Waals surface area contributed by atoms with Gasteiger partial charge in [0.1, 0.15) is 0 Å². The van der Waals surface area contributed by atoms with Gasteiger partial charge >= 0.3 is 0 Å². The number of rotatable bonds is 4. The van der Waals surface area contributed by atoms with Crippen LogP contribution >= 0.6 is 0 Å². The molecule has 0 unspecified atom stereocenters. The summed E-state index contributed by atoms with van der Waals surface area (Å²) in [5, 5.41) is 3.78. The van der Waals surface area contributed by atoms with Crippen molar-refractivity contribution < 1.29 is 0 Å². The lowest BCUT2D eigenvalue weighted by Gasteiger charge is -2.22. The molecular formula is C14H28N2. The Morgan fingerprint density at radius 3 is 2.38 bits per heavy atom. The van der Waals surface area contributed by atoms with Crippen LogP contribution in [-0.2, 0) is 0 Å². The van der Waals surface area contributed by atoms with Gasteiger partial charge in [0, 0.05) is 12.1 Å². The lowest BCUT2D eigenvalue weighted by molar-refractivity contribution is 0.288. The standard InChI is InChI=1S/C14H28N2/c1-16-12-6-9-14(16)10-11-15-13-7-4-2-3-5-8-13/h13-15H,2-12H2,1H3/t14-/m0/s1. The molecule has 16 heavy (non-hydrogen) atoms. The molecule has 0 aromatic carbocycles. The maximum atomic E-state index is 3.78. The molecule has 0 amide bonds. The summed E-state index contributed by atoms with van der Waals surface area (Å²) in [7, 11) is 2.28. The van der Waals surface area contributed by atoms with E-state index in [-0.39, 0.29) is 0 Å². The van der Waals surface area contributed by atoms with E-state index in [0.717, 1.165) is 12.1 Å². The Bertz CT molecular complexity index is 185. The molecule has 2 rings (SSSR count). The summed E-state index contributed by atoms with van der Waals surface area (Å²) in [5.74, 6) is 0. The van der Waals surface area contributed by atoms with E-state index in [9.17, 15) is 0 Å². The quantitative estimate of drug-likeness (QED) is 0.739. The Labute approximate surface area is 101 Å². The SMILES string of the molecule is CN1CCC[C@H]1CCNC1CCCCCC1. The first-order chi connectivity index (χ1) is 7.86. The summed E-state index contributed by atoms with van der Waals surface area (Å²) < 4.78 is 0. The van der Waals surface area contributed by atoms with Crippen molar-refractivity contribution in [2.24, 2.45) is 0 Å². The Hall–Kier alpha value is -0.0800. The largest absolute Gasteiger partial charge is 0.314 e. The highest BCUT2D eigenvalue weighted by Crippen LogP contribution is 2.19. The van der Waals surface area contributed by atoms with Gasteiger partial charge < -0.3 is 10.2 Å². The Kier molecular flexibility index (Phi) is 5.11. The van der Waals surface area contributed by atoms with E-state index in [0.29, 0.717) is 0 Å². The van der Waals surface area contributed by atoms with Crippen molar-refractivity contribution >= 4 is 0 Å². The number of hydrogen-bond acceptors (Lipinski definition) is 2. The van der Waals surface area contributed by atoms with Gasteiger partial charge in [-0.3, -0.25) is 0 Å². The lowest BCUT2D eigenvalue weighted by atomic mass is 10.1. The zero-order valence-corrected chi connectivity index (χ0v) is 10.9. The van der Waals surface area contributed by atoms with E-state index in [1.165, 1.54) is 70.9 Å². The van der Waals surface area contributed by atoms with Gasteiger partial charge in [-0.15, -0.1) is 0 Å². The molecule has 2 heteroatoms. The maximum absolute atomic E-state index is 3.78. The first-order valence-corrected chi connectivity index (χ1v) is 7.30. The molecule has 0 radical (unpaired) electrons. The van der Waals surface area contributed by atoms with Crippen LogP contribution in [-0.4, -0.2) is 37.1 Å². The van der Waals surface area contributed by atoms with Crippen LogP contribution in [0.4, 0.5) is 0 Å². The lowest BCUT2D eigenvalue weighted by Crippen LogP contribution is -2.34. The van der Waals surface area contributed by atoms with E-state index in [4.69, 9.17) is 0 Å². The minimum absolute atomic E-state index is 0.828. The van der Waals surface area contributed by atoms with E-state index >= 15 is 0 Å². The molecule has 0 aromatic heterocycles. The first kappa shape index (κ1) is 12.4. The molecule has 1 heterocycles. The molecule has 2 fully saturated rings. The third-order valence-corrected chi connectivity index (χ3v) is 4.44. The van der Waals surface area contributed by atoms with Crippen molar-refractivity contribution in [2.45, 2.75) is 69.9 Å². The second kappa shape index (κ2) is 6.61. The Morgan fingerprint density at radius 2 is 1.75 bits per heavy atom. The van der Waals surface area contributed by atoms with Crippen LogP contribution in [0.1, 0.15) is 57.8 Å². The van der Waals surface area contributed by atoms with Crippen LogP contribution < -0.4 is 5.32 Å². The van der Waals surface area contributed by atoms with E-state index in [1.54, 1.807) is 0 Å². The molecule has 1 aliphatic carbocycles. The highest BCUT2D eigenvalue weighted by Gasteiger charge is 2.20. The molecule has 0 aromatic rings. The number of nitrogens with zero attached hydrogens (tertiary/aromatic N) is 1. The van der Waals surface area contributed by atoms with Crippen LogP contribution in [0.25, 0.3) is 0 Å². The minimum atomic E-state index is 0.828. The second-order valence-corrected chi connectivity index (χ2v) is 5.71. The maximum Gasteiger partial charge on any atom is 0.0105 e. The summed E-state index contributed by atoms with van der Waals surface area (Å²) in [6.45, 7) is 2.55. The number of hydrogen-bond donors (Lipinski definition) is 1. The van der Waals surface area contributed by atoms with E-state index < -0.39 is 0 Å². The molecule has 1 atom stereocenters. The Morgan fingerprint density at radius 1 is 1.00 bits per heavy atom. The van der Waals surface area contributed by atoms with Crippen molar-refractivity contribution in [1.82, 2.24) is 10.2 Å². The fraction of sp³-hybridized carbons (Fsp3) is 1.00. The zero-order chi connectivity index (χ0) is 11.2. The van der Waals surface area contributed by atoms with Gasteiger partial charge in [0.2, 0.25) is 0 Å². The van der Waals surface area contributed by atoms with Crippen molar-refractivity contribution in [1.29, 1.82) is 0 Å². The monoisotopic (exact) mass is 224 g/mol. The predicted molar refractivity (Wildman–Crippen MR) is 69.8 cm³/mol. The van der Waals surface area contributed by atoms with Gasteiger partial charge in [-0.2, -0.15) is 0 Å². The molecule has 2 nitrogen and oxygen atoms in total. The van der Waals surface area contributed by atoms with Gasteiger partial charge in [-0.1, -0.05) is 25.7 Å². The average Bonchev–Trinajstić information content (AvgIpc) is 2.55. The summed E-state index contributed by atoms with van der Waals surface area (Å²) in [6.07, 6.45) is 12.8. The first-order valence-electron chi connectivity index (χ1n) is 7.30. The van der Waals surface area contributed by atoms with Crippen LogP contribution in [0, 0.1) is 0 Å². The van der Waals surface area contributed by atoms with Gasteiger partial charge in [0.05, 0.1) is 0 Å². The van der Waals surface area contributed by atoms with Gasteiger partial charge in [0.15, 0.2) is 0 Å². The van der Waals surface area contributed by atoms with Crippen LogP contribution in [0.5, 0.6) is 0 Å². The van der Waals surface area contributed by atoms with Gasteiger partial charge in [-0.25, -0.2) is 0 Å². The average molecular weight is 224 g/mol. The molecule has 1 N–H and O–H groups in total. The summed E-state index contributed by atoms with van der Waals surface area (Å²) >= 11 is 0. The van der Waals surface area contributed by atoms with Crippen LogP contribution in [0.3, 0.4) is 0 Å². The van der Waals surface area contributed by atoms with E-state index in [1.807, 2.05) is 0 Å². The van der Waals surface area contributed by atoms with Gasteiger partial charge in [-0.05, 0) is 52.2 Å². The molecule has 0 bridgehead atoms. The van der Waals surface area contributed by atoms with Crippen LogP contribution in [0.2, 0.25) is 0 Å². The third kappa shape index (κ3) is 3.74. The van der Waals surface area contributed by atoms with Crippen LogP contribution in [0.15, 0.2) is 0 Å².